The van der Waals surface area contributed by atoms with Crippen LogP contribution in [0.2, 0.25) is 0 Å². The van der Waals surface area contributed by atoms with Crippen molar-refractivity contribution in [2.75, 3.05) is 7.05 Å². The summed E-state index contributed by atoms with van der Waals surface area (Å²) < 4.78 is 2.57. The lowest BCUT2D eigenvalue weighted by Gasteiger charge is -2.15. The maximum atomic E-state index is 5.03. The van der Waals surface area contributed by atoms with Crippen LogP contribution in [-0.2, 0) is 6.54 Å². The zero-order valence-corrected chi connectivity index (χ0v) is 12.8. The average molecular weight is 293 g/mol. The predicted molar refractivity (Wildman–Crippen MR) is 83.1 cm³/mol. The number of H-pyrrole nitrogens is 1. The van der Waals surface area contributed by atoms with Gasteiger partial charge >= 0.3 is 0 Å². The van der Waals surface area contributed by atoms with Crippen molar-refractivity contribution in [3.63, 3.8) is 0 Å². The predicted octanol–water partition coefficient (Wildman–Crippen LogP) is 2.99. The van der Waals surface area contributed by atoms with Crippen LogP contribution in [0.15, 0.2) is 12.4 Å². The second-order valence-corrected chi connectivity index (χ2v) is 5.58. The summed E-state index contributed by atoms with van der Waals surface area (Å²) in [4.78, 5) is 7.29. The van der Waals surface area contributed by atoms with Crippen LogP contribution < -0.4 is 5.73 Å². The van der Waals surface area contributed by atoms with E-state index in [1.54, 1.807) is 6.20 Å². The second kappa shape index (κ2) is 7.50. The zero-order valence-electron chi connectivity index (χ0n) is 12.0. The van der Waals surface area contributed by atoms with E-state index in [2.05, 4.69) is 20.8 Å². The molecule has 0 amide bonds. The first-order valence-electron chi connectivity index (χ1n) is 7.31. The number of imidazole rings is 1. The van der Waals surface area contributed by atoms with Crippen LogP contribution in [0.25, 0.3) is 11.4 Å². The highest BCUT2D eigenvalue weighted by Gasteiger charge is 2.14. The zero-order chi connectivity index (χ0) is 14.4. The first kappa shape index (κ1) is 15.1. The van der Waals surface area contributed by atoms with Gasteiger partial charge in [-0.1, -0.05) is 25.7 Å². The maximum Gasteiger partial charge on any atom is 0.198 e. The molecule has 0 saturated heterocycles. The number of nitrogens with zero attached hydrogens (tertiary/aromatic N) is 3. The summed E-state index contributed by atoms with van der Waals surface area (Å²) in [6, 6.07) is 0. The summed E-state index contributed by atoms with van der Waals surface area (Å²) in [5.74, 6) is 0.772. The van der Waals surface area contributed by atoms with E-state index in [4.69, 9.17) is 12.2 Å². The Morgan fingerprint density at radius 3 is 2.70 bits per heavy atom. The molecule has 0 atom stereocenters. The van der Waals surface area contributed by atoms with Gasteiger partial charge in [-0.2, -0.15) is 5.10 Å². The van der Waals surface area contributed by atoms with Gasteiger partial charge < -0.3 is 10.7 Å². The van der Waals surface area contributed by atoms with Gasteiger partial charge in [0.25, 0.3) is 0 Å². The van der Waals surface area contributed by atoms with Crippen molar-refractivity contribution in [2.45, 2.75) is 45.1 Å². The fourth-order valence-electron chi connectivity index (χ4n) is 2.80. The number of nitrogens with one attached hydrogen (secondary N) is 1. The molecular formula is C14H23N5S. The van der Waals surface area contributed by atoms with Gasteiger partial charge in [0.1, 0.15) is 5.69 Å². The number of hydrogen-bond acceptors (Lipinski definition) is 4. The Hall–Kier alpha value is -1.27. The minimum atomic E-state index is 0.541. The Bertz CT molecular complexity index is 539. The van der Waals surface area contributed by atoms with Gasteiger partial charge in [0.2, 0.25) is 0 Å². The fraction of sp³-hybridized carbons (Fsp3) is 0.643. The van der Waals surface area contributed by atoms with E-state index in [0.717, 1.165) is 23.9 Å². The number of rotatable bonds is 2. The molecule has 20 heavy (non-hydrogen) atoms. The van der Waals surface area contributed by atoms with Crippen molar-refractivity contribution in [2.24, 2.45) is 11.7 Å². The summed E-state index contributed by atoms with van der Waals surface area (Å²) in [5, 5.41) is 4.43. The number of hydrogen-bond donors (Lipinski definition) is 2. The van der Waals surface area contributed by atoms with Gasteiger partial charge in [-0.15, -0.1) is 0 Å². The lowest BCUT2D eigenvalue weighted by molar-refractivity contribution is 0.372. The van der Waals surface area contributed by atoms with Crippen LogP contribution in [0.1, 0.15) is 38.5 Å². The molecule has 1 aliphatic carbocycles. The molecule has 5 nitrogen and oxygen atoms in total. The Morgan fingerprint density at radius 1 is 1.30 bits per heavy atom. The minimum absolute atomic E-state index is 0.541. The summed E-state index contributed by atoms with van der Waals surface area (Å²) in [5.41, 5.74) is 6.35. The van der Waals surface area contributed by atoms with Crippen molar-refractivity contribution < 1.29 is 0 Å². The molecular weight excluding hydrogens is 270 g/mol. The first-order valence-corrected chi connectivity index (χ1v) is 7.72. The molecule has 0 aromatic heterocycles. The van der Waals surface area contributed by atoms with Crippen molar-refractivity contribution in [3.05, 3.63) is 17.2 Å². The van der Waals surface area contributed by atoms with E-state index >= 15 is 0 Å². The Morgan fingerprint density at radius 2 is 2.00 bits per heavy atom. The summed E-state index contributed by atoms with van der Waals surface area (Å²) in [6.45, 7) is 1.02. The van der Waals surface area contributed by atoms with Crippen LogP contribution in [-0.4, -0.2) is 26.8 Å². The molecule has 3 aliphatic rings. The molecule has 0 spiro atoms. The lowest BCUT2D eigenvalue weighted by Crippen LogP contribution is -2.13. The topological polar surface area (TPSA) is 72.5 Å². The van der Waals surface area contributed by atoms with Crippen molar-refractivity contribution in [1.29, 1.82) is 0 Å². The van der Waals surface area contributed by atoms with E-state index in [1.807, 2.05) is 10.9 Å². The van der Waals surface area contributed by atoms with Gasteiger partial charge in [-0.3, -0.25) is 4.68 Å². The fourth-order valence-corrected chi connectivity index (χ4v) is 3.00. The summed E-state index contributed by atoms with van der Waals surface area (Å²) >= 11 is 5.03. The molecule has 0 bridgehead atoms. The summed E-state index contributed by atoms with van der Waals surface area (Å²) in [6.07, 6.45) is 12.0. The third-order valence-electron chi connectivity index (χ3n) is 3.77. The van der Waals surface area contributed by atoms with E-state index < -0.39 is 0 Å². The van der Waals surface area contributed by atoms with Crippen LogP contribution in [0.4, 0.5) is 0 Å². The normalized spacial score (nSPS) is 16.5. The number of fused-ring (bicyclic) bond motifs is 1. The van der Waals surface area contributed by atoms with Gasteiger partial charge in [0.15, 0.2) is 4.77 Å². The minimum Gasteiger partial charge on any atom is -0.333 e. The Labute approximate surface area is 124 Å². The molecule has 0 aromatic rings. The lowest BCUT2D eigenvalue weighted by atomic mass is 10.0. The number of aromatic nitrogens is 4. The smallest absolute Gasteiger partial charge is 0.198 e. The molecule has 2 heterocycles. The van der Waals surface area contributed by atoms with Gasteiger partial charge in [-0.05, 0) is 38.0 Å². The molecule has 110 valence electrons. The molecule has 3 rings (SSSR count). The van der Waals surface area contributed by atoms with E-state index in [1.165, 1.54) is 45.6 Å². The average Bonchev–Trinajstić information content (AvgIpc) is 2.66. The highest BCUT2D eigenvalue weighted by Crippen LogP contribution is 2.24. The van der Waals surface area contributed by atoms with Crippen molar-refractivity contribution in [1.82, 2.24) is 19.7 Å². The van der Waals surface area contributed by atoms with Gasteiger partial charge in [0.05, 0.1) is 11.9 Å². The van der Waals surface area contributed by atoms with Gasteiger partial charge in [0, 0.05) is 12.7 Å². The van der Waals surface area contributed by atoms with E-state index in [9.17, 15) is 0 Å². The second-order valence-electron chi connectivity index (χ2n) is 5.19. The molecule has 3 N–H and O–H groups in total. The molecule has 0 aromatic carbocycles. The number of aromatic amines is 1. The molecule has 0 unspecified atom stereocenters. The SMILES string of the molecule is CN.S=c1nc2cnn(CC3CCCCCC3)cc-2[nH]1. The summed E-state index contributed by atoms with van der Waals surface area (Å²) in [7, 11) is 1.50. The van der Waals surface area contributed by atoms with E-state index in [0.29, 0.717) is 4.77 Å². The van der Waals surface area contributed by atoms with Crippen LogP contribution in [0, 0.1) is 10.7 Å². The quantitative estimate of drug-likeness (QED) is 0.659. The number of nitrogens with two attached hydrogens (primary N) is 1. The molecule has 1 saturated carbocycles. The molecule has 0 radical (unpaired) electrons. The van der Waals surface area contributed by atoms with Crippen molar-refractivity contribution in [3.8, 4) is 11.4 Å². The standard InChI is InChI=1S/C13H18N4S.CH5N/c18-13-15-11-7-14-17(9-12(11)16-13)8-10-5-3-1-2-4-6-10;1-2/h7,9-10H,1-6,8H2,(H,16,18);2H2,1H3. The third-order valence-corrected chi connectivity index (χ3v) is 3.96. The molecule has 6 heteroatoms. The Balaban J connectivity index is 0.000000704. The van der Waals surface area contributed by atoms with Crippen LogP contribution in [0.5, 0.6) is 0 Å². The van der Waals surface area contributed by atoms with Crippen molar-refractivity contribution >= 4 is 12.2 Å². The van der Waals surface area contributed by atoms with Crippen LogP contribution in [0.3, 0.4) is 0 Å². The highest BCUT2D eigenvalue weighted by molar-refractivity contribution is 7.71. The highest BCUT2D eigenvalue weighted by atomic mass is 32.1. The monoisotopic (exact) mass is 293 g/mol. The molecule has 2 aliphatic heterocycles. The van der Waals surface area contributed by atoms with E-state index in [-0.39, 0.29) is 0 Å². The first-order chi connectivity index (χ1) is 9.81. The largest absolute Gasteiger partial charge is 0.333 e. The third kappa shape index (κ3) is 3.86. The maximum absolute atomic E-state index is 5.03. The Kier molecular flexibility index (Phi) is 5.67. The van der Waals surface area contributed by atoms with Gasteiger partial charge in [-0.25, -0.2) is 4.98 Å². The van der Waals surface area contributed by atoms with Crippen LogP contribution >= 0.6 is 12.2 Å². The molecule has 1 fully saturated rings.